The smallest absolute Gasteiger partial charge is 0.311 e. The Hall–Kier alpha value is -2.37. The molecule has 1 aromatic rings. The van der Waals surface area contributed by atoms with E-state index in [2.05, 4.69) is 10.6 Å². The zero-order valence-corrected chi connectivity index (χ0v) is 14.7. The molecule has 0 radical (unpaired) electrons. The zero-order chi connectivity index (χ0) is 18.3. The fourth-order valence-corrected chi connectivity index (χ4v) is 2.35. The number of rotatable bonds is 8. The molecule has 0 unspecified atom stereocenters. The van der Waals surface area contributed by atoms with Crippen LogP contribution in [0.1, 0.15) is 61.3 Å². The molecule has 6 nitrogen and oxygen atoms in total. The summed E-state index contributed by atoms with van der Waals surface area (Å²) in [6.07, 6.45) is 0.876. The summed E-state index contributed by atoms with van der Waals surface area (Å²) in [6, 6.07) is 6.32. The van der Waals surface area contributed by atoms with Gasteiger partial charge in [-0.15, -0.1) is 0 Å². The Morgan fingerprint density at radius 1 is 1.00 bits per heavy atom. The van der Waals surface area contributed by atoms with Gasteiger partial charge >= 0.3 is 5.97 Å². The van der Waals surface area contributed by atoms with Gasteiger partial charge in [0.1, 0.15) is 0 Å². The lowest BCUT2D eigenvalue weighted by molar-refractivity contribution is -0.149. The van der Waals surface area contributed by atoms with Crippen LogP contribution in [0.2, 0.25) is 0 Å². The number of carboxylic acid groups (broad SMARTS) is 1. The van der Waals surface area contributed by atoms with Crippen LogP contribution in [0.4, 0.5) is 0 Å². The zero-order valence-electron chi connectivity index (χ0n) is 14.7. The molecule has 24 heavy (non-hydrogen) atoms. The molecule has 0 aromatic heterocycles. The molecule has 0 saturated heterocycles. The summed E-state index contributed by atoms with van der Waals surface area (Å²) in [4.78, 5) is 35.5. The van der Waals surface area contributed by atoms with Crippen LogP contribution < -0.4 is 10.6 Å². The molecule has 1 rings (SSSR count). The predicted octanol–water partition coefficient (Wildman–Crippen LogP) is 2.45. The van der Waals surface area contributed by atoms with Gasteiger partial charge in [-0.05, 0) is 51.0 Å². The van der Waals surface area contributed by atoms with Crippen molar-refractivity contribution in [1.82, 2.24) is 10.6 Å². The summed E-state index contributed by atoms with van der Waals surface area (Å²) in [5, 5.41) is 14.8. The maximum Gasteiger partial charge on any atom is 0.311 e. The van der Waals surface area contributed by atoms with E-state index in [0.717, 1.165) is 0 Å². The molecule has 0 bridgehead atoms. The fraction of sp³-hybridized carbons (Fsp3) is 0.500. The highest BCUT2D eigenvalue weighted by Crippen LogP contribution is 2.25. The highest BCUT2D eigenvalue weighted by atomic mass is 16.4. The van der Waals surface area contributed by atoms with Crippen molar-refractivity contribution in [3.63, 3.8) is 0 Å². The van der Waals surface area contributed by atoms with Crippen molar-refractivity contribution in [2.24, 2.45) is 5.41 Å². The Morgan fingerprint density at radius 2 is 1.46 bits per heavy atom. The summed E-state index contributed by atoms with van der Waals surface area (Å²) in [5.41, 5.74) is -0.0860. The van der Waals surface area contributed by atoms with Gasteiger partial charge in [0.2, 0.25) is 0 Å². The van der Waals surface area contributed by atoms with Gasteiger partial charge in [-0.2, -0.15) is 0 Å². The first-order valence-electron chi connectivity index (χ1n) is 8.18. The highest BCUT2D eigenvalue weighted by Gasteiger charge is 2.35. The van der Waals surface area contributed by atoms with Crippen molar-refractivity contribution in [2.45, 2.75) is 46.6 Å². The lowest BCUT2D eigenvalue weighted by Gasteiger charge is -2.26. The molecule has 0 aliphatic carbocycles. The normalized spacial score (nSPS) is 11.2. The second-order valence-electron chi connectivity index (χ2n) is 6.18. The van der Waals surface area contributed by atoms with E-state index < -0.39 is 11.4 Å². The van der Waals surface area contributed by atoms with Crippen LogP contribution in [0.3, 0.4) is 0 Å². The van der Waals surface area contributed by atoms with Gasteiger partial charge in [0.25, 0.3) is 11.8 Å². The number of carboxylic acids is 1. The molecular formula is C18H26N2O4. The van der Waals surface area contributed by atoms with Crippen LogP contribution in [0.15, 0.2) is 24.3 Å². The van der Waals surface area contributed by atoms with Crippen molar-refractivity contribution in [3.8, 4) is 0 Å². The van der Waals surface area contributed by atoms with Gasteiger partial charge in [0, 0.05) is 23.7 Å². The number of benzene rings is 1. The Kier molecular flexibility index (Phi) is 6.95. The third kappa shape index (κ3) is 4.81. The molecule has 0 aliphatic rings. The van der Waals surface area contributed by atoms with Crippen LogP contribution in [-0.4, -0.2) is 35.5 Å². The van der Waals surface area contributed by atoms with E-state index in [1.165, 1.54) is 0 Å². The van der Waals surface area contributed by atoms with Crippen LogP contribution in [-0.2, 0) is 4.79 Å². The summed E-state index contributed by atoms with van der Waals surface area (Å²) >= 11 is 0. The van der Waals surface area contributed by atoms with E-state index in [4.69, 9.17) is 0 Å². The summed E-state index contributed by atoms with van der Waals surface area (Å²) in [6.45, 7) is 7.41. The van der Waals surface area contributed by atoms with Crippen molar-refractivity contribution in [3.05, 3.63) is 35.4 Å². The summed E-state index contributed by atoms with van der Waals surface area (Å²) in [5.74, 6) is -1.45. The molecule has 0 aliphatic heterocycles. The maximum atomic E-state index is 12.2. The first-order chi connectivity index (χ1) is 11.3. The lowest BCUT2D eigenvalue weighted by Crippen LogP contribution is -2.42. The van der Waals surface area contributed by atoms with Crippen LogP contribution in [0, 0.1) is 5.41 Å². The minimum Gasteiger partial charge on any atom is -0.481 e. The second kappa shape index (κ2) is 8.47. The molecule has 3 N–H and O–H groups in total. The molecule has 132 valence electrons. The van der Waals surface area contributed by atoms with E-state index >= 15 is 0 Å². The SMILES string of the molecule is CCC(CC)(CNC(=O)c1ccc(C(=O)NC(C)C)cc1)C(=O)O. The van der Waals surface area contributed by atoms with Crippen molar-refractivity contribution >= 4 is 17.8 Å². The molecular weight excluding hydrogens is 308 g/mol. The topological polar surface area (TPSA) is 95.5 Å². The predicted molar refractivity (Wildman–Crippen MR) is 92.0 cm³/mol. The van der Waals surface area contributed by atoms with Gasteiger partial charge < -0.3 is 15.7 Å². The van der Waals surface area contributed by atoms with E-state index in [1.54, 1.807) is 38.1 Å². The Labute approximate surface area is 142 Å². The number of aliphatic carboxylic acids is 1. The standard InChI is InChI=1S/C18H26N2O4/c1-5-18(6-2,17(23)24)11-19-15(21)13-7-9-14(10-8-13)16(22)20-12(3)4/h7-10,12H,5-6,11H2,1-4H3,(H,19,21)(H,20,22)(H,23,24). The van der Waals surface area contributed by atoms with E-state index in [1.807, 2.05) is 13.8 Å². The highest BCUT2D eigenvalue weighted by molar-refractivity contribution is 5.98. The Balaban J connectivity index is 2.75. The molecule has 0 saturated carbocycles. The Bertz CT molecular complexity index is 590. The molecule has 2 amide bonds. The number of hydrogen-bond acceptors (Lipinski definition) is 3. The number of carbonyl (C=O) groups is 3. The Morgan fingerprint density at radius 3 is 1.83 bits per heavy atom. The van der Waals surface area contributed by atoms with Crippen LogP contribution in [0.5, 0.6) is 0 Å². The minimum absolute atomic E-state index is 0.0349. The molecule has 0 atom stereocenters. The van der Waals surface area contributed by atoms with Gasteiger partial charge in [-0.3, -0.25) is 14.4 Å². The third-order valence-corrected chi connectivity index (χ3v) is 4.22. The van der Waals surface area contributed by atoms with E-state index in [0.29, 0.717) is 24.0 Å². The van der Waals surface area contributed by atoms with Crippen molar-refractivity contribution in [2.75, 3.05) is 6.54 Å². The number of hydrogen-bond donors (Lipinski definition) is 3. The van der Waals surface area contributed by atoms with Crippen molar-refractivity contribution < 1.29 is 19.5 Å². The maximum absolute atomic E-state index is 12.2. The van der Waals surface area contributed by atoms with Gasteiger partial charge in [0.15, 0.2) is 0 Å². The van der Waals surface area contributed by atoms with Crippen molar-refractivity contribution in [1.29, 1.82) is 0 Å². The first-order valence-corrected chi connectivity index (χ1v) is 8.18. The fourth-order valence-electron chi connectivity index (χ4n) is 2.35. The first kappa shape index (κ1) is 19.7. The molecule has 0 fully saturated rings. The van der Waals surface area contributed by atoms with Gasteiger partial charge in [-0.25, -0.2) is 0 Å². The molecule has 0 spiro atoms. The second-order valence-corrected chi connectivity index (χ2v) is 6.18. The summed E-state index contributed by atoms with van der Waals surface area (Å²) in [7, 11) is 0. The van der Waals surface area contributed by atoms with E-state index in [-0.39, 0.29) is 24.4 Å². The average Bonchev–Trinajstić information content (AvgIpc) is 2.55. The molecule has 0 heterocycles. The number of carbonyl (C=O) groups excluding carboxylic acids is 2. The van der Waals surface area contributed by atoms with Gasteiger partial charge in [-0.1, -0.05) is 13.8 Å². The monoisotopic (exact) mass is 334 g/mol. The quantitative estimate of drug-likeness (QED) is 0.680. The number of nitrogens with one attached hydrogen (secondary N) is 2. The van der Waals surface area contributed by atoms with Crippen LogP contribution >= 0.6 is 0 Å². The van der Waals surface area contributed by atoms with Crippen LogP contribution in [0.25, 0.3) is 0 Å². The summed E-state index contributed by atoms with van der Waals surface area (Å²) < 4.78 is 0. The largest absolute Gasteiger partial charge is 0.481 e. The third-order valence-electron chi connectivity index (χ3n) is 4.22. The lowest BCUT2D eigenvalue weighted by atomic mass is 9.82. The van der Waals surface area contributed by atoms with E-state index in [9.17, 15) is 19.5 Å². The average molecular weight is 334 g/mol. The number of amides is 2. The molecule has 1 aromatic carbocycles. The van der Waals surface area contributed by atoms with Gasteiger partial charge in [0.05, 0.1) is 5.41 Å². The molecule has 6 heteroatoms. The minimum atomic E-state index is -0.952.